The zero-order valence-corrected chi connectivity index (χ0v) is 13.0. The first-order valence-corrected chi connectivity index (χ1v) is 7.62. The molecule has 1 aliphatic heterocycles. The fraction of sp³-hybridized carbons (Fsp3) is 0.211. The van der Waals surface area contributed by atoms with E-state index in [0.29, 0.717) is 36.9 Å². The van der Waals surface area contributed by atoms with Crippen molar-refractivity contribution in [2.24, 2.45) is 0 Å². The van der Waals surface area contributed by atoms with Crippen molar-refractivity contribution in [3.8, 4) is 17.2 Å². The van der Waals surface area contributed by atoms with Gasteiger partial charge in [-0.05, 0) is 43.3 Å². The molecule has 0 fully saturated rings. The molecule has 1 heterocycles. The van der Waals surface area contributed by atoms with E-state index in [4.69, 9.17) is 14.2 Å². The maximum Gasteiger partial charge on any atom is 0.185 e. The quantitative estimate of drug-likeness (QED) is 0.623. The Hall–Kier alpha value is -2.75. The van der Waals surface area contributed by atoms with E-state index >= 15 is 0 Å². The van der Waals surface area contributed by atoms with Gasteiger partial charge in [-0.3, -0.25) is 4.79 Å². The third kappa shape index (κ3) is 3.54. The molecule has 0 atom stereocenters. The summed E-state index contributed by atoms with van der Waals surface area (Å²) in [6, 6.07) is 12.9. The highest BCUT2D eigenvalue weighted by atomic mass is 16.6. The Morgan fingerprint density at radius 2 is 1.91 bits per heavy atom. The van der Waals surface area contributed by atoms with Crippen molar-refractivity contribution >= 4 is 11.9 Å². The lowest BCUT2D eigenvalue weighted by atomic mass is 10.1. The van der Waals surface area contributed by atoms with Gasteiger partial charge in [0.25, 0.3) is 0 Å². The van der Waals surface area contributed by atoms with Crippen molar-refractivity contribution in [2.45, 2.75) is 6.92 Å². The van der Waals surface area contributed by atoms with Gasteiger partial charge in [-0.1, -0.05) is 18.2 Å². The van der Waals surface area contributed by atoms with Crippen LogP contribution in [0.3, 0.4) is 0 Å². The summed E-state index contributed by atoms with van der Waals surface area (Å²) in [7, 11) is 0. The Kier molecular flexibility index (Phi) is 4.62. The molecule has 4 nitrogen and oxygen atoms in total. The number of para-hydroxylation sites is 1. The highest BCUT2D eigenvalue weighted by molar-refractivity contribution is 6.07. The van der Waals surface area contributed by atoms with E-state index in [9.17, 15) is 4.79 Å². The Balaban J connectivity index is 1.79. The Bertz CT molecular complexity index is 734. The predicted octanol–water partition coefficient (Wildman–Crippen LogP) is 3.75. The summed E-state index contributed by atoms with van der Waals surface area (Å²) in [6.07, 6.45) is 3.31. The lowest BCUT2D eigenvalue weighted by Crippen LogP contribution is -2.15. The number of fused-ring (bicyclic) bond motifs is 1. The maximum atomic E-state index is 12.3. The van der Waals surface area contributed by atoms with Gasteiger partial charge >= 0.3 is 0 Å². The van der Waals surface area contributed by atoms with Crippen LogP contribution in [-0.2, 0) is 0 Å². The molecule has 0 saturated heterocycles. The van der Waals surface area contributed by atoms with Gasteiger partial charge in [-0.25, -0.2) is 0 Å². The summed E-state index contributed by atoms with van der Waals surface area (Å²) in [5.74, 6) is 1.97. The van der Waals surface area contributed by atoms with Gasteiger partial charge in [0.1, 0.15) is 19.0 Å². The molecule has 1 aliphatic rings. The van der Waals surface area contributed by atoms with Crippen LogP contribution in [0.15, 0.2) is 48.5 Å². The minimum Gasteiger partial charge on any atom is -0.493 e. The summed E-state index contributed by atoms with van der Waals surface area (Å²) >= 11 is 0. The smallest absolute Gasteiger partial charge is 0.185 e. The van der Waals surface area contributed by atoms with E-state index in [0.717, 1.165) is 11.3 Å². The predicted molar refractivity (Wildman–Crippen MR) is 88.4 cm³/mol. The van der Waals surface area contributed by atoms with E-state index in [1.54, 1.807) is 30.4 Å². The number of allylic oxidation sites excluding steroid dienone is 1. The van der Waals surface area contributed by atoms with E-state index in [1.165, 1.54) is 0 Å². The normalized spacial score (nSPS) is 13.1. The number of ether oxygens (including phenoxy) is 3. The second-order valence-electron chi connectivity index (χ2n) is 5.03. The fourth-order valence-corrected chi connectivity index (χ4v) is 2.36. The van der Waals surface area contributed by atoms with E-state index in [-0.39, 0.29) is 5.78 Å². The number of carbonyl (C=O) groups is 1. The molecular weight excluding hydrogens is 292 g/mol. The minimum absolute atomic E-state index is 0.0896. The van der Waals surface area contributed by atoms with Gasteiger partial charge in [-0.2, -0.15) is 0 Å². The second kappa shape index (κ2) is 7.01. The lowest BCUT2D eigenvalue weighted by Gasteiger charge is -2.18. The zero-order valence-electron chi connectivity index (χ0n) is 13.0. The lowest BCUT2D eigenvalue weighted by molar-refractivity contribution is 0.104. The van der Waals surface area contributed by atoms with E-state index in [1.807, 2.05) is 31.2 Å². The van der Waals surface area contributed by atoms with Gasteiger partial charge in [0.15, 0.2) is 17.3 Å². The topological polar surface area (TPSA) is 44.8 Å². The molecule has 0 spiro atoms. The SMILES string of the molecule is CCOc1ccccc1C=CC(=O)c1ccc2c(c1)OCCO2. The average molecular weight is 310 g/mol. The fourth-order valence-electron chi connectivity index (χ4n) is 2.36. The first kappa shape index (κ1) is 15.2. The number of benzene rings is 2. The van der Waals surface area contributed by atoms with Crippen molar-refractivity contribution in [3.63, 3.8) is 0 Å². The molecule has 2 aromatic carbocycles. The highest BCUT2D eigenvalue weighted by Gasteiger charge is 2.13. The second-order valence-corrected chi connectivity index (χ2v) is 5.03. The van der Waals surface area contributed by atoms with Crippen molar-refractivity contribution in [2.75, 3.05) is 19.8 Å². The maximum absolute atomic E-state index is 12.3. The zero-order chi connectivity index (χ0) is 16.1. The summed E-state index contributed by atoms with van der Waals surface area (Å²) in [5.41, 5.74) is 1.44. The molecule has 0 N–H and O–H groups in total. The third-order valence-electron chi connectivity index (χ3n) is 3.46. The van der Waals surface area contributed by atoms with Crippen LogP contribution in [-0.4, -0.2) is 25.6 Å². The van der Waals surface area contributed by atoms with Crippen LogP contribution in [0.4, 0.5) is 0 Å². The molecule has 0 bridgehead atoms. The monoisotopic (exact) mass is 310 g/mol. The molecule has 118 valence electrons. The molecule has 0 aliphatic carbocycles. The number of hydrogen-bond donors (Lipinski definition) is 0. The van der Waals surface area contributed by atoms with Crippen LogP contribution in [0.25, 0.3) is 6.08 Å². The standard InChI is InChI=1S/C19H18O4/c1-2-21-17-6-4-3-5-14(17)7-9-16(20)15-8-10-18-19(13-15)23-12-11-22-18/h3-10,13H,2,11-12H2,1H3. The largest absolute Gasteiger partial charge is 0.493 e. The summed E-state index contributed by atoms with van der Waals surface area (Å²) in [5, 5.41) is 0. The van der Waals surface area contributed by atoms with E-state index < -0.39 is 0 Å². The molecular formula is C19H18O4. The number of rotatable bonds is 5. The summed E-state index contributed by atoms with van der Waals surface area (Å²) < 4.78 is 16.5. The molecule has 4 heteroatoms. The molecule has 0 aromatic heterocycles. The van der Waals surface area contributed by atoms with Crippen molar-refractivity contribution in [3.05, 3.63) is 59.7 Å². The van der Waals surface area contributed by atoms with Gasteiger partial charge in [0.2, 0.25) is 0 Å². The van der Waals surface area contributed by atoms with Crippen LogP contribution in [0, 0.1) is 0 Å². The van der Waals surface area contributed by atoms with Gasteiger partial charge in [0, 0.05) is 11.1 Å². The summed E-state index contributed by atoms with van der Waals surface area (Å²) in [4.78, 5) is 12.3. The first-order valence-electron chi connectivity index (χ1n) is 7.62. The Labute approximate surface area is 135 Å². The van der Waals surface area contributed by atoms with Crippen LogP contribution in [0.2, 0.25) is 0 Å². The molecule has 23 heavy (non-hydrogen) atoms. The van der Waals surface area contributed by atoms with Crippen molar-refractivity contribution in [1.29, 1.82) is 0 Å². The molecule has 2 aromatic rings. The van der Waals surface area contributed by atoms with Crippen LogP contribution in [0.5, 0.6) is 17.2 Å². The first-order chi connectivity index (χ1) is 11.3. The Morgan fingerprint density at radius 3 is 2.74 bits per heavy atom. The average Bonchev–Trinajstić information content (AvgIpc) is 2.60. The highest BCUT2D eigenvalue weighted by Crippen LogP contribution is 2.31. The van der Waals surface area contributed by atoms with Gasteiger partial charge < -0.3 is 14.2 Å². The molecule has 3 rings (SSSR count). The summed E-state index contributed by atoms with van der Waals surface area (Å²) in [6.45, 7) is 3.55. The molecule has 0 unspecified atom stereocenters. The van der Waals surface area contributed by atoms with Gasteiger partial charge in [0.05, 0.1) is 6.61 Å². The van der Waals surface area contributed by atoms with Crippen LogP contribution in [0.1, 0.15) is 22.8 Å². The number of hydrogen-bond acceptors (Lipinski definition) is 4. The van der Waals surface area contributed by atoms with Crippen molar-refractivity contribution < 1.29 is 19.0 Å². The molecule has 0 saturated carbocycles. The minimum atomic E-state index is -0.0896. The number of ketones is 1. The van der Waals surface area contributed by atoms with E-state index in [2.05, 4.69) is 0 Å². The van der Waals surface area contributed by atoms with Crippen LogP contribution < -0.4 is 14.2 Å². The third-order valence-corrected chi connectivity index (χ3v) is 3.46. The molecule has 0 amide bonds. The van der Waals surface area contributed by atoms with Crippen molar-refractivity contribution in [1.82, 2.24) is 0 Å². The van der Waals surface area contributed by atoms with Crippen LogP contribution >= 0.6 is 0 Å². The Morgan fingerprint density at radius 1 is 1.13 bits per heavy atom. The van der Waals surface area contributed by atoms with Gasteiger partial charge in [-0.15, -0.1) is 0 Å². The number of carbonyl (C=O) groups excluding carboxylic acids is 1. The molecule has 0 radical (unpaired) electrons.